The summed E-state index contributed by atoms with van der Waals surface area (Å²) in [5.74, 6) is -0.653. The van der Waals surface area contributed by atoms with Gasteiger partial charge in [0.2, 0.25) is 5.91 Å². The minimum atomic E-state index is -1.12. The SMILES string of the molecule is O=C(O)Nc1ccc2c(c1)CC(C(=O)NO)CC2. The molecule has 0 saturated carbocycles. The van der Waals surface area contributed by atoms with Crippen molar-refractivity contribution in [2.24, 2.45) is 5.92 Å². The van der Waals surface area contributed by atoms with E-state index in [1.54, 1.807) is 17.6 Å². The lowest BCUT2D eigenvalue weighted by atomic mass is 9.83. The van der Waals surface area contributed by atoms with Gasteiger partial charge in [0.15, 0.2) is 0 Å². The number of carboxylic acid groups (broad SMARTS) is 1. The van der Waals surface area contributed by atoms with Gasteiger partial charge in [-0.05, 0) is 42.5 Å². The van der Waals surface area contributed by atoms with Gasteiger partial charge in [-0.25, -0.2) is 10.3 Å². The second-order valence-electron chi connectivity index (χ2n) is 4.33. The summed E-state index contributed by atoms with van der Waals surface area (Å²) < 4.78 is 0. The molecule has 6 heteroatoms. The molecule has 0 aliphatic heterocycles. The second kappa shape index (κ2) is 5.05. The average molecular weight is 250 g/mol. The highest BCUT2D eigenvalue weighted by Gasteiger charge is 2.24. The number of hydrogen-bond acceptors (Lipinski definition) is 3. The van der Waals surface area contributed by atoms with Crippen molar-refractivity contribution >= 4 is 17.7 Å². The quantitative estimate of drug-likeness (QED) is 0.471. The summed E-state index contributed by atoms with van der Waals surface area (Å²) in [4.78, 5) is 21.9. The highest BCUT2D eigenvalue weighted by Crippen LogP contribution is 2.28. The Hall–Kier alpha value is -2.08. The van der Waals surface area contributed by atoms with Crippen LogP contribution in [0.4, 0.5) is 10.5 Å². The predicted octanol–water partition coefficient (Wildman–Crippen LogP) is 1.39. The molecule has 0 radical (unpaired) electrons. The van der Waals surface area contributed by atoms with Crippen LogP contribution in [0.5, 0.6) is 0 Å². The van der Waals surface area contributed by atoms with E-state index in [2.05, 4.69) is 5.32 Å². The smallest absolute Gasteiger partial charge is 0.409 e. The van der Waals surface area contributed by atoms with Gasteiger partial charge in [-0.1, -0.05) is 6.07 Å². The number of hydrogen-bond donors (Lipinski definition) is 4. The monoisotopic (exact) mass is 250 g/mol. The molecule has 1 aliphatic carbocycles. The van der Waals surface area contributed by atoms with Crippen LogP contribution in [0.3, 0.4) is 0 Å². The molecule has 0 saturated heterocycles. The molecule has 0 fully saturated rings. The van der Waals surface area contributed by atoms with E-state index in [4.69, 9.17) is 10.3 Å². The number of carbonyl (C=O) groups excluding carboxylic acids is 1. The number of amides is 2. The fourth-order valence-corrected chi connectivity index (χ4v) is 2.27. The Balaban J connectivity index is 2.19. The topological polar surface area (TPSA) is 98.7 Å². The number of nitrogens with one attached hydrogen (secondary N) is 2. The van der Waals surface area contributed by atoms with Gasteiger partial charge in [0.05, 0.1) is 0 Å². The van der Waals surface area contributed by atoms with Crippen LogP contribution in [0.1, 0.15) is 17.5 Å². The third kappa shape index (κ3) is 2.60. The Morgan fingerprint density at radius 2 is 2.06 bits per heavy atom. The average Bonchev–Trinajstić information content (AvgIpc) is 2.36. The van der Waals surface area contributed by atoms with Crippen LogP contribution in [0.25, 0.3) is 0 Å². The van der Waals surface area contributed by atoms with Crippen LogP contribution in [-0.4, -0.2) is 22.3 Å². The molecule has 96 valence electrons. The fraction of sp³-hybridized carbons (Fsp3) is 0.333. The summed E-state index contributed by atoms with van der Waals surface area (Å²) in [5, 5.41) is 19.5. The number of rotatable bonds is 2. The maximum atomic E-state index is 11.4. The molecule has 1 atom stereocenters. The molecule has 0 spiro atoms. The summed E-state index contributed by atoms with van der Waals surface area (Å²) in [6.07, 6.45) is 0.832. The Morgan fingerprint density at radius 3 is 2.72 bits per heavy atom. The number of hydroxylamine groups is 1. The zero-order chi connectivity index (χ0) is 13.1. The molecule has 4 N–H and O–H groups in total. The first kappa shape index (κ1) is 12.4. The minimum absolute atomic E-state index is 0.262. The lowest BCUT2D eigenvalue weighted by molar-refractivity contribution is -0.133. The van der Waals surface area contributed by atoms with Crippen molar-refractivity contribution in [2.45, 2.75) is 19.3 Å². The van der Waals surface area contributed by atoms with Crippen molar-refractivity contribution in [1.82, 2.24) is 5.48 Å². The molecule has 1 aliphatic rings. The van der Waals surface area contributed by atoms with Crippen molar-refractivity contribution in [3.05, 3.63) is 29.3 Å². The first-order chi connectivity index (χ1) is 8.60. The lowest BCUT2D eigenvalue weighted by Gasteiger charge is -2.23. The first-order valence-electron chi connectivity index (χ1n) is 5.66. The zero-order valence-corrected chi connectivity index (χ0v) is 9.64. The Labute approximate surface area is 104 Å². The summed E-state index contributed by atoms with van der Waals surface area (Å²) in [6.45, 7) is 0. The molecule has 0 heterocycles. The van der Waals surface area contributed by atoms with Crippen molar-refractivity contribution in [2.75, 3.05) is 5.32 Å². The van der Waals surface area contributed by atoms with Gasteiger partial charge in [0, 0.05) is 11.6 Å². The molecule has 18 heavy (non-hydrogen) atoms. The molecule has 6 nitrogen and oxygen atoms in total. The Morgan fingerprint density at radius 1 is 1.28 bits per heavy atom. The van der Waals surface area contributed by atoms with Gasteiger partial charge in [-0.15, -0.1) is 0 Å². The fourth-order valence-electron chi connectivity index (χ4n) is 2.27. The molecule has 0 aromatic heterocycles. The third-order valence-corrected chi connectivity index (χ3v) is 3.17. The molecule has 0 bridgehead atoms. The van der Waals surface area contributed by atoms with Crippen LogP contribution in [0.2, 0.25) is 0 Å². The van der Waals surface area contributed by atoms with E-state index in [-0.39, 0.29) is 5.92 Å². The van der Waals surface area contributed by atoms with Crippen LogP contribution < -0.4 is 10.8 Å². The molecule has 2 rings (SSSR count). The van der Waals surface area contributed by atoms with Gasteiger partial charge >= 0.3 is 6.09 Å². The largest absolute Gasteiger partial charge is 0.465 e. The van der Waals surface area contributed by atoms with Crippen molar-refractivity contribution in [3.63, 3.8) is 0 Å². The highest BCUT2D eigenvalue weighted by atomic mass is 16.5. The van der Waals surface area contributed by atoms with E-state index in [1.165, 1.54) is 0 Å². The zero-order valence-electron chi connectivity index (χ0n) is 9.64. The van der Waals surface area contributed by atoms with Gasteiger partial charge < -0.3 is 5.11 Å². The summed E-state index contributed by atoms with van der Waals surface area (Å²) >= 11 is 0. The highest BCUT2D eigenvalue weighted by molar-refractivity contribution is 5.83. The van der Waals surface area contributed by atoms with E-state index >= 15 is 0 Å². The summed E-state index contributed by atoms with van der Waals surface area (Å²) in [5.41, 5.74) is 4.22. The molecule has 1 unspecified atom stereocenters. The number of anilines is 1. The maximum Gasteiger partial charge on any atom is 0.409 e. The minimum Gasteiger partial charge on any atom is -0.465 e. The van der Waals surface area contributed by atoms with Gasteiger partial charge in [-0.3, -0.25) is 15.3 Å². The standard InChI is InChI=1S/C12H14N2O4/c15-11(14-18)8-2-1-7-3-4-10(13-12(16)17)6-9(7)5-8/h3-4,6,8,13,18H,1-2,5H2,(H,14,15)(H,16,17). The third-order valence-electron chi connectivity index (χ3n) is 3.17. The van der Waals surface area contributed by atoms with Gasteiger partial charge in [0.1, 0.15) is 0 Å². The summed E-state index contributed by atoms with van der Waals surface area (Å²) in [7, 11) is 0. The molecule has 1 aromatic rings. The van der Waals surface area contributed by atoms with E-state index in [1.807, 2.05) is 6.07 Å². The van der Waals surface area contributed by atoms with Crippen molar-refractivity contribution < 1.29 is 19.9 Å². The van der Waals surface area contributed by atoms with Crippen LogP contribution in [-0.2, 0) is 17.6 Å². The normalized spacial score (nSPS) is 17.7. The Bertz CT molecular complexity index is 487. The molecular formula is C12H14N2O4. The van der Waals surface area contributed by atoms with E-state index < -0.39 is 12.0 Å². The Kier molecular flexibility index (Phi) is 3.47. The van der Waals surface area contributed by atoms with Gasteiger partial charge in [-0.2, -0.15) is 0 Å². The summed E-state index contributed by atoms with van der Waals surface area (Å²) in [6, 6.07) is 5.31. The van der Waals surface area contributed by atoms with Crippen molar-refractivity contribution in [1.29, 1.82) is 0 Å². The maximum absolute atomic E-state index is 11.4. The van der Waals surface area contributed by atoms with Gasteiger partial charge in [0.25, 0.3) is 0 Å². The number of benzene rings is 1. The predicted molar refractivity (Wildman–Crippen MR) is 63.5 cm³/mol. The lowest BCUT2D eigenvalue weighted by Crippen LogP contribution is -2.31. The number of fused-ring (bicyclic) bond motifs is 1. The van der Waals surface area contributed by atoms with Crippen LogP contribution >= 0.6 is 0 Å². The second-order valence-corrected chi connectivity index (χ2v) is 4.33. The molecular weight excluding hydrogens is 236 g/mol. The molecule has 1 aromatic carbocycles. The molecule has 2 amide bonds. The van der Waals surface area contributed by atoms with Crippen LogP contribution in [0.15, 0.2) is 18.2 Å². The van der Waals surface area contributed by atoms with E-state index in [0.717, 1.165) is 17.5 Å². The number of carbonyl (C=O) groups is 2. The van der Waals surface area contributed by atoms with Crippen LogP contribution in [0, 0.1) is 5.92 Å². The van der Waals surface area contributed by atoms with E-state index in [0.29, 0.717) is 18.5 Å². The van der Waals surface area contributed by atoms with Crippen molar-refractivity contribution in [3.8, 4) is 0 Å². The first-order valence-corrected chi connectivity index (χ1v) is 5.66. The van der Waals surface area contributed by atoms with E-state index in [9.17, 15) is 9.59 Å². The number of aryl methyl sites for hydroxylation is 1.